The second-order valence-electron chi connectivity index (χ2n) is 4.26. The van der Waals surface area contributed by atoms with Crippen molar-refractivity contribution in [3.05, 3.63) is 42.3 Å². The van der Waals surface area contributed by atoms with Gasteiger partial charge in [0.05, 0.1) is 11.8 Å². The first kappa shape index (κ1) is 13.1. The normalized spacial score (nSPS) is 10.5. The molecule has 0 aliphatic carbocycles. The Morgan fingerprint density at radius 3 is 2.68 bits per heavy atom. The maximum Gasteiger partial charge on any atom is 0.262 e. The van der Waals surface area contributed by atoms with E-state index < -0.39 is 5.82 Å². The molecule has 0 amide bonds. The standard InChI is InChI=1S/C14H15FN2O2/c1-9(2)18-13-4-3-7-17-14(13)19-12-6-5-10(15)8-11(12)16/h3-9H,16H2,1-2H3. The summed E-state index contributed by atoms with van der Waals surface area (Å²) in [5, 5.41) is 0. The highest BCUT2D eigenvalue weighted by molar-refractivity contribution is 5.54. The van der Waals surface area contributed by atoms with Crippen molar-refractivity contribution in [2.45, 2.75) is 20.0 Å². The zero-order valence-electron chi connectivity index (χ0n) is 10.8. The van der Waals surface area contributed by atoms with Gasteiger partial charge < -0.3 is 15.2 Å². The smallest absolute Gasteiger partial charge is 0.262 e. The highest BCUT2D eigenvalue weighted by Crippen LogP contribution is 2.32. The van der Waals surface area contributed by atoms with Gasteiger partial charge in [0.25, 0.3) is 5.88 Å². The summed E-state index contributed by atoms with van der Waals surface area (Å²) in [7, 11) is 0. The third kappa shape index (κ3) is 3.34. The summed E-state index contributed by atoms with van der Waals surface area (Å²) in [5.74, 6) is 0.744. The minimum atomic E-state index is -0.412. The topological polar surface area (TPSA) is 57.4 Å². The Kier molecular flexibility index (Phi) is 3.85. The molecule has 1 aromatic heterocycles. The molecule has 19 heavy (non-hydrogen) atoms. The fourth-order valence-corrected chi connectivity index (χ4v) is 1.51. The van der Waals surface area contributed by atoms with E-state index in [1.54, 1.807) is 18.3 Å². The number of nitrogens with two attached hydrogens (primary N) is 1. The lowest BCUT2D eigenvalue weighted by Gasteiger charge is -2.14. The molecular weight excluding hydrogens is 247 g/mol. The second kappa shape index (κ2) is 5.56. The Hall–Kier alpha value is -2.30. The Balaban J connectivity index is 2.27. The monoisotopic (exact) mass is 262 g/mol. The third-order valence-corrected chi connectivity index (χ3v) is 2.28. The van der Waals surface area contributed by atoms with Crippen molar-refractivity contribution < 1.29 is 13.9 Å². The van der Waals surface area contributed by atoms with Crippen LogP contribution >= 0.6 is 0 Å². The van der Waals surface area contributed by atoms with E-state index in [2.05, 4.69) is 4.98 Å². The quantitative estimate of drug-likeness (QED) is 0.858. The second-order valence-corrected chi connectivity index (χ2v) is 4.26. The lowest BCUT2D eigenvalue weighted by atomic mass is 10.3. The van der Waals surface area contributed by atoms with Crippen molar-refractivity contribution >= 4 is 5.69 Å². The number of hydrogen-bond acceptors (Lipinski definition) is 4. The molecule has 100 valence electrons. The zero-order chi connectivity index (χ0) is 13.8. The minimum Gasteiger partial charge on any atom is -0.485 e. The van der Waals surface area contributed by atoms with E-state index in [1.165, 1.54) is 18.2 Å². The molecule has 0 unspecified atom stereocenters. The van der Waals surface area contributed by atoms with Gasteiger partial charge in [-0.1, -0.05) is 0 Å². The first-order valence-corrected chi connectivity index (χ1v) is 5.91. The highest BCUT2D eigenvalue weighted by Gasteiger charge is 2.11. The van der Waals surface area contributed by atoms with Crippen molar-refractivity contribution in [2.75, 3.05) is 5.73 Å². The third-order valence-electron chi connectivity index (χ3n) is 2.28. The van der Waals surface area contributed by atoms with Crippen LogP contribution in [0, 0.1) is 5.82 Å². The molecule has 0 spiro atoms. The van der Waals surface area contributed by atoms with Gasteiger partial charge in [-0.15, -0.1) is 0 Å². The van der Waals surface area contributed by atoms with Crippen LogP contribution < -0.4 is 15.2 Å². The van der Waals surface area contributed by atoms with Crippen molar-refractivity contribution in [1.82, 2.24) is 4.98 Å². The summed E-state index contributed by atoms with van der Waals surface area (Å²) in [6, 6.07) is 7.43. The van der Waals surface area contributed by atoms with Crippen LogP contribution in [0.4, 0.5) is 10.1 Å². The summed E-state index contributed by atoms with van der Waals surface area (Å²) in [4.78, 5) is 4.09. The largest absolute Gasteiger partial charge is 0.485 e. The predicted octanol–water partition coefficient (Wildman–Crippen LogP) is 3.38. The zero-order valence-corrected chi connectivity index (χ0v) is 10.8. The number of aromatic nitrogens is 1. The molecule has 2 N–H and O–H groups in total. The Bertz CT molecular complexity index is 573. The van der Waals surface area contributed by atoms with Gasteiger partial charge in [-0.25, -0.2) is 9.37 Å². The molecule has 0 radical (unpaired) electrons. The Morgan fingerprint density at radius 1 is 1.21 bits per heavy atom. The fourth-order valence-electron chi connectivity index (χ4n) is 1.51. The fraction of sp³-hybridized carbons (Fsp3) is 0.214. The van der Waals surface area contributed by atoms with Crippen LogP contribution in [0.2, 0.25) is 0 Å². The molecule has 0 bridgehead atoms. The minimum absolute atomic E-state index is 0.00267. The Labute approximate surface area is 111 Å². The number of nitrogens with zero attached hydrogens (tertiary/aromatic N) is 1. The van der Waals surface area contributed by atoms with Crippen molar-refractivity contribution in [3.63, 3.8) is 0 Å². The molecule has 0 atom stereocenters. The van der Waals surface area contributed by atoms with Crippen molar-refractivity contribution in [1.29, 1.82) is 0 Å². The van der Waals surface area contributed by atoms with Gasteiger partial charge in [-0.3, -0.25) is 0 Å². The van der Waals surface area contributed by atoms with E-state index in [1.807, 2.05) is 13.8 Å². The number of rotatable bonds is 4. The van der Waals surface area contributed by atoms with Gasteiger partial charge >= 0.3 is 0 Å². The molecule has 0 fully saturated rings. The van der Waals surface area contributed by atoms with E-state index in [0.717, 1.165) is 0 Å². The van der Waals surface area contributed by atoms with Gasteiger partial charge in [0, 0.05) is 12.3 Å². The number of anilines is 1. The molecule has 0 aliphatic rings. The lowest BCUT2D eigenvalue weighted by molar-refractivity contribution is 0.231. The first-order chi connectivity index (χ1) is 9.06. The summed E-state index contributed by atoms with van der Waals surface area (Å²) in [6.07, 6.45) is 1.58. The molecular formula is C14H15FN2O2. The highest BCUT2D eigenvalue weighted by atomic mass is 19.1. The van der Waals surface area contributed by atoms with E-state index in [-0.39, 0.29) is 11.8 Å². The van der Waals surface area contributed by atoms with Gasteiger partial charge in [0.2, 0.25) is 0 Å². The van der Waals surface area contributed by atoms with Gasteiger partial charge in [-0.05, 0) is 38.1 Å². The van der Waals surface area contributed by atoms with E-state index in [0.29, 0.717) is 17.4 Å². The molecule has 2 rings (SSSR count). The SMILES string of the molecule is CC(C)Oc1cccnc1Oc1ccc(F)cc1N. The molecule has 2 aromatic rings. The summed E-state index contributed by atoms with van der Waals surface area (Å²) >= 11 is 0. The maximum atomic E-state index is 13.0. The molecule has 1 aromatic carbocycles. The van der Waals surface area contributed by atoms with Crippen LogP contribution in [-0.2, 0) is 0 Å². The average molecular weight is 262 g/mol. The van der Waals surface area contributed by atoms with Crippen LogP contribution in [0.5, 0.6) is 17.4 Å². The van der Waals surface area contributed by atoms with E-state index in [4.69, 9.17) is 15.2 Å². The molecule has 0 saturated heterocycles. The lowest BCUT2D eigenvalue weighted by Crippen LogP contribution is -2.07. The number of pyridine rings is 1. The molecule has 0 aliphatic heterocycles. The number of nitrogen functional groups attached to an aromatic ring is 1. The summed E-state index contributed by atoms with van der Waals surface area (Å²) < 4.78 is 24.1. The molecule has 0 saturated carbocycles. The number of hydrogen-bond donors (Lipinski definition) is 1. The van der Waals surface area contributed by atoms with E-state index in [9.17, 15) is 4.39 Å². The average Bonchev–Trinajstić information content (AvgIpc) is 2.34. The first-order valence-electron chi connectivity index (χ1n) is 5.91. The predicted molar refractivity (Wildman–Crippen MR) is 70.9 cm³/mol. The number of halogens is 1. The van der Waals surface area contributed by atoms with Gasteiger partial charge in [0.1, 0.15) is 5.82 Å². The van der Waals surface area contributed by atoms with Crippen molar-refractivity contribution in [3.8, 4) is 17.4 Å². The molecule has 1 heterocycles. The van der Waals surface area contributed by atoms with E-state index >= 15 is 0 Å². The summed E-state index contributed by atoms with van der Waals surface area (Å²) in [5.41, 5.74) is 5.90. The Morgan fingerprint density at radius 2 is 2.00 bits per heavy atom. The van der Waals surface area contributed by atoms with Gasteiger partial charge in [0.15, 0.2) is 11.5 Å². The van der Waals surface area contributed by atoms with Gasteiger partial charge in [-0.2, -0.15) is 0 Å². The molecule has 4 nitrogen and oxygen atoms in total. The van der Waals surface area contributed by atoms with Crippen LogP contribution in [0.15, 0.2) is 36.5 Å². The maximum absolute atomic E-state index is 13.0. The van der Waals surface area contributed by atoms with Crippen LogP contribution in [0.1, 0.15) is 13.8 Å². The number of benzene rings is 1. The summed E-state index contributed by atoms with van der Waals surface area (Å²) in [6.45, 7) is 3.81. The van der Waals surface area contributed by atoms with Crippen molar-refractivity contribution in [2.24, 2.45) is 0 Å². The van der Waals surface area contributed by atoms with Crippen LogP contribution in [-0.4, -0.2) is 11.1 Å². The molecule has 5 heteroatoms. The van der Waals surface area contributed by atoms with Crippen LogP contribution in [0.25, 0.3) is 0 Å². The number of ether oxygens (including phenoxy) is 2. The van der Waals surface area contributed by atoms with Crippen LogP contribution in [0.3, 0.4) is 0 Å².